The van der Waals surface area contributed by atoms with Crippen molar-refractivity contribution < 1.29 is 0 Å². The van der Waals surface area contributed by atoms with Gasteiger partial charge in [0, 0.05) is 11.3 Å². The summed E-state index contributed by atoms with van der Waals surface area (Å²) in [4.78, 5) is 4.49. The topological polar surface area (TPSA) is 12.9 Å². The highest BCUT2D eigenvalue weighted by Gasteiger charge is 2.00. The van der Waals surface area contributed by atoms with Gasteiger partial charge >= 0.3 is 0 Å². The predicted molar refractivity (Wildman–Crippen MR) is 67.9 cm³/mol. The molecule has 1 aromatic carbocycles. The molecule has 76 valence electrons. The molecule has 0 atom stereocenters. The van der Waals surface area contributed by atoms with E-state index in [-0.39, 0.29) is 0 Å². The minimum atomic E-state index is 0.887. The van der Waals surface area contributed by atoms with E-state index >= 15 is 0 Å². The quantitative estimate of drug-likeness (QED) is 0.686. The van der Waals surface area contributed by atoms with Gasteiger partial charge in [-0.2, -0.15) is 0 Å². The average Bonchev–Trinajstić information content (AvgIpc) is 2.17. The Bertz CT molecular complexity index is 526. The fraction of sp³-hybridized carbons (Fsp3) is 0.167. The van der Waals surface area contributed by atoms with Gasteiger partial charge in [0.15, 0.2) is 0 Å². The van der Waals surface area contributed by atoms with Crippen molar-refractivity contribution in [2.24, 2.45) is 0 Å². The second-order valence-electron chi connectivity index (χ2n) is 3.49. The number of hydrogen-bond donors (Lipinski definition) is 0. The summed E-state index contributed by atoms with van der Waals surface area (Å²) in [5.41, 5.74) is 3.38. The van der Waals surface area contributed by atoms with Crippen LogP contribution in [0.2, 0.25) is 0 Å². The summed E-state index contributed by atoms with van der Waals surface area (Å²) in [6, 6.07) is 10.3. The highest BCUT2D eigenvalue weighted by molar-refractivity contribution is 7.73. The van der Waals surface area contributed by atoms with E-state index in [2.05, 4.69) is 36.2 Å². The summed E-state index contributed by atoms with van der Waals surface area (Å²) >= 11 is 6.75. The molecule has 0 saturated heterocycles. The predicted octanol–water partition coefficient (Wildman–Crippen LogP) is 4.16. The number of benzene rings is 1. The standard InChI is InChI=1S/C12H11NS2/c1-8-3-5-10(6-4-8)12-13-9(2)7-11(14)15-12/h3-7H,1-2H3. The van der Waals surface area contributed by atoms with Gasteiger partial charge in [-0.15, -0.1) is 11.3 Å². The zero-order chi connectivity index (χ0) is 10.8. The number of aromatic nitrogens is 1. The SMILES string of the molecule is Cc1ccc(-c2nc(C)cc(=S)s2)cc1. The lowest BCUT2D eigenvalue weighted by atomic mass is 10.2. The van der Waals surface area contributed by atoms with Gasteiger partial charge in [0.05, 0.1) is 3.82 Å². The Morgan fingerprint density at radius 2 is 1.80 bits per heavy atom. The summed E-state index contributed by atoms with van der Waals surface area (Å²) in [5, 5.41) is 1.00. The van der Waals surface area contributed by atoms with Crippen LogP contribution in [0.25, 0.3) is 10.6 Å². The molecule has 0 aliphatic rings. The van der Waals surface area contributed by atoms with Crippen LogP contribution in [-0.4, -0.2) is 4.98 Å². The Morgan fingerprint density at radius 1 is 1.13 bits per heavy atom. The molecule has 1 nitrogen and oxygen atoms in total. The molecule has 15 heavy (non-hydrogen) atoms. The van der Waals surface area contributed by atoms with Crippen molar-refractivity contribution in [2.75, 3.05) is 0 Å². The normalized spacial score (nSPS) is 10.3. The maximum absolute atomic E-state index is 5.19. The van der Waals surface area contributed by atoms with Gasteiger partial charge in [0.2, 0.25) is 0 Å². The number of rotatable bonds is 1. The molecule has 0 unspecified atom stereocenters. The summed E-state index contributed by atoms with van der Waals surface area (Å²) in [5.74, 6) is 0. The second kappa shape index (κ2) is 4.21. The lowest BCUT2D eigenvalue weighted by molar-refractivity contribution is 1.23. The maximum Gasteiger partial charge on any atom is 0.124 e. The third-order valence-corrected chi connectivity index (χ3v) is 3.31. The van der Waals surface area contributed by atoms with Crippen molar-refractivity contribution in [3.05, 3.63) is 45.4 Å². The van der Waals surface area contributed by atoms with Gasteiger partial charge < -0.3 is 0 Å². The molecule has 0 spiro atoms. The number of nitrogens with zero attached hydrogens (tertiary/aromatic N) is 1. The molecule has 0 radical (unpaired) electrons. The van der Waals surface area contributed by atoms with Crippen LogP contribution in [0, 0.1) is 17.7 Å². The summed E-state index contributed by atoms with van der Waals surface area (Å²) in [6.45, 7) is 4.05. The minimum Gasteiger partial charge on any atom is -0.242 e. The molecule has 0 amide bonds. The van der Waals surface area contributed by atoms with Crippen molar-refractivity contribution in [3.63, 3.8) is 0 Å². The van der Waals surface area contributed by atoms with Gasteiger partial charge in [-0.05, 0) is 19.9 Å². The Morgan fingerprint density at radius 3 is 2.40 bits per heavy atom. The molecule has 0 fully saturated rings. The lowest BCUT2D eigenvalue weighted by Crippen LogP contribution is -1.84. The molecule has 1 aromatic heterocycles. The van der Waals surface area contributed by atoms with E-state index in [1.807, 2.05) is 13.0 Å². The molecule has 0 bridgehead atoms. The molecule has 1 heterocycles. The Kier molecular flexibility index (Phi) is 2.93. The van der Waals surface area contributed by atoms with E-state index in [1.54, 1.807) is 11.3 Å². The molecular weight excluding hydrogens is 222 g/mol. The van der Waals surface area contributed by atoms with Gasteiger partial charge in [-0.1, -0.05) is 42.0 Å². The molecule has 2 rings (SSSR count). The van der Waals surface area contributed by atoms with Crippen molar-refractivity contribution in [1.29, 1.82) is 0 Å². The minimum absolute atomic E-state index is 0.887. The van der Waals surface area contributed by atoms with E-state index in [4.69, 9.17) is 12.2 Å². The van der Waals surface area contributed by atoms with Crippen molar-refractivity contribution in [2.45, 2.75) is 13.8 Å². The largest absolute Gasteiger partial charge is 0.242 e. The van der Waals surface area contributed by atoms with Crippen LogP contribution in [0.15, 0.2) is 30.3 Å². The van der Waals surface area contributed by atoms with Crippen LogP contribution in [0.4, 0.5) is 0 Å². The van der Waals surface area contributed by atoms with Gasteiger partial charge in [0.25, 0.3) is 0 Å². The average molecular weight is 233 g/mol. The van der Waals surface area contributed by atoms with E-state index in [0.29, 0.717) is 0 Å². The second-order valence-corrected chi connectivity index (χ2v) is 5.22. The molecule has 3 heteroatoms. The Balaban J connectivity index is 2.54. The molecule has 0 saturated carbocycles. The molecule has 0 N–H and O–H groups in total. The van der Waals surface area contributed by atoms with Crippen LogP contribution >= 0.6 is 23.6 Å². The van der Waals surface area contributed by atoms with Crippen LogP contribution in [0.3, 0.4) is 0 Å². The van der Waals surface area contributed by atoms with E-state index in [9.17, 15) is 0 Å². The summed E-state index contributed by atoms with van der Waals surface area (Å²) in [6.07, 6.45) is 0. The third-order valence-electron chi connectivity index (χ3n) is 2.10. The van der Waals surface area contributed by atoms with Gasteiger partial charge in [-0.25, -0.2) is 4.98 Å². The highest BCUT2D eigenvalue weighted by Crippen LogP contribution is 2.23. The monoisotopic (exact) mass is 233 g/mol. The van der Waals surface area contributed by atoms with Crippen LogP contribution in [0.5, 0.6) is 0 Å². The fourth-order valence-electron chi connectivity index (χ4n) is 1.33. The van der Waals surface area contributed by atoms with E-state index < -0.39 is 0 Å². The lowest BCUT2D eigenvalue weighted by Gasteiger charge is -2.01. The highest BCUT2D eigenvalue weighted by atomic mass is 32.1. The summed E-state index contributed by atoms with van der Waals surface area (Å²) < 4.78 is 0.887. The zero-order valence-corrected chi connectivity index (χ0v) is 10.3. The fourth-order valence-corrected chi connectivity index (χ4v) is 2.60. The van der Waals surface area contributed by atoms with Crippen molar-refractivity contribution in [3.8, 4) is 10.6 Å². The first-order chi connectivity index (χ1) is 7.15. The van der Waals surface area contributed by atoms with Crippen LogP contribution in [-0.2, 0) is 0 Å². The van der Waals surface area contributed by atoms with Crippen molar-refractivity contribution in [1.82, 2.24) is 4.98 Å². The van der Waals surface area contributed by atoms with Crippen LogP contribution in [0.1, 0.15) is 11.3 Å². The molecule has 0 aliphatic heterocycles. The van der Waals surface area contributed by atoms with Crippen LogP contribution < -0.4 is 0 Å². The Labute approximate surface area is 98.4 Å². The van der Waals surface area contributed by atoms with Gasteiger partial charge in [0.1, 0.15) is 5.01 Å². The molecular formula is C12H11NS2. The first-order valence-corrected chi connectivity index (χ1v) is 5.93. The zero-order valence-electron chi connectivity index (χ0n) is 8.65. The van der Waals surface area contributed by atoms with Gasteiger partial charge in [-0.3, -0.25) is 0 Å². The smallest absolute Gasteiger partial charge is 0.124 e. The molecule has 0 aliphatic carbocycles. The first-order valence-electron chi connectivity index (χ1n) is 4.71. The van der Waals surface area contributed by atoms with Crippen molar-refractivity contribution >= 4 is 23.6 Å². The first kappa shape index (κ1) is 10.5. The molecule has 2 aromatic rings. The summed E-state index contributed by atoms with van der Waals surface area (Å²) in [7, 11) is 0. The third kappa shape index (κ3) is 2.49. The Hall–Kier alpha value is -1.06. The maximum atomic E-state index is 5.19. The number of aryl methyl sites for hydroxylation is 2. The van der Waals surface area contributed by atoms with E-state index in [1.165, 1.54) is 5.56 Å². The van der Waals surface area contributed by atoms with E-state index in [0.717, 1.165) is 20.1 Å². The number of hydrogen-bond acceptors (Lipinski definition) is 3.